The maximum Gasteiger partial charge on any atom is 0.292 e. The maximum absolute atomic E-state index is 12.9. The van der Waals surface area contributed by atoms with Crippen molar-refractivity contribution in [1.82, 2.24) is 30.3 Å². The molecule has 1 saturated heterocycles. The minimum absolute atomic E-state index is 0.160. The molecule has 4 aromatic rings. The van der Waals surface area contributed by atoms with Crippen LogP contribution in [0.1, 0.15) is 10.6 Å². The Morgan fingerprint density at radius 3 is 2.33 bits per heavy atom. The van der Waals surface area contributed by atoms with E-state index in [1.54, 1.807) is 15.6 Å². The van der Waals surface area contributed by atoms with Gasteiger partial charge < -0.3 is 14.3 Å². The summed E-state index contributed by atoms with van der Waals surface area (Å²) in [6.45, 7) is 2.33. The topological polar surface area (TPSA) is 93.2 Å². The third-order valence-electron chi connectivity index (χ3n) is 5.09. The van der Waals surface area contributed by atoms with E-state index in [1.807, 2.05) is 60.7 Å². The molecule has 150 valence electrons. The predicted molar refractivity (Wildman–Crippen MR) is 109 cm³/mol. The molecule has 9 heteroatoms. The van der Waals surface area contributed by atoms with Crippen molar-refractivity contribution in [2.45, 2.75) is 0 Å². The summed E-state index contributed by atoms with van der Waals surface area (Å²) in [6.07, 6.45) is 0. The van der Waals surface area contributed by atoms with Gasteiger partial charge in [0.25, 0.3) is 5.91 Å². The third kappa shape index (κ3) is 3.41. The molecule has 0 unspecified atom stereocenters. The number of carbonyl (C=O) groups excluding carboxylic acids is 1. The Bertz CT molecular complexity index is 1130. The lowest BCUT2D eigenvalue weighted by atomic mass is 10.1. The Morgan fingerprint density at radius 2 is 1.60 bits per heavy atom. The number of tetrazole rings is 1. The molecule has 0 N–H and O–H groups in total. The van der Waals surface area contributed by atoms with E-state index in [1.165, 1.54) is 0 Å². The van der Waals surface area contributed by atoms with Crippen molar-refractivity contribution in [3.8, 4) is 16.9 Å². The van der Waals surface area contributed by atoms with Gasteiger partial charge in [-0.2, -0.15) is 4.68 Å². The van der Waals surface area contributed by atoms with Gasteiger partial charge in [0, 0.05) is 37.8 Å². The van der Waals surface area contributed by atoms with Crippen molar-refractivity contribution in [3.05, 3.63) is 72.5 Å². The molecule has 0 radical (unpaired) electrons. The van der Waals surface area contributed by atoms with E-state index in [0.29, 0.717) is 37.8 Å². The van der Waals surface area contributed by atoms with E-state index in [4.69, 9.17) is 4.52 Å². The van der Waals surface area contributed by atoms with Crippen molar-refractivity contribution in [2.24, 2.45) is 0 Å². The molecule has 2 aromatic carbocycles. The number of para-hydroxylation sites is 1. The summed E-state index contributed by atoms with van der Waals surface area (Å²) >= 11 is 0. The van der Waals surface area contributed by atoms with Gasteiger partial charge in [-0.15, -0.1) is 0 Å². The van der Waals surface area contributed by atoms with Gasteiger partial charge in [-0.1, -0.05) is 58.8 Å². The lowest BCUT2D eigenvalue weighted by Gasteiger charge is -2.34. The van der Waals surface area contributed by atoms with Crippen LogP contribution in [0, 0.1) is 0 Å². The number of aromatic nitrogens is 5. The van der Waals surface area contributed by atoms with Crippen LogP contribution in [0.4, 0.5) is 5.95 Å². The summed E-state index contributed by atoms with van der Waals surface area (Å²) in [5, 5.41) is 16.1. The first kappa shape index (κ1) is 18.0. The number of benzene rings is 2. The third-order valence-corrected chi connectivity index (χ3v) is 5.09. The molecule has 5 rings (SSSR count). The van der Waals surface area contributed by atoms with E-state index in [9.17, 15) is 4.79 Å². The Hall–Kier alpha value is -4.01. The molecule has 1 aliphatic heterocycles. The number of hydrogen-bond acceptors (Lipinski definition) is 7. The highest BCUT2D eigenvalue weighted by Crippen LogP contribution is 2.21. The number of amides is 1. The molecular weight excluding hydrogens is 382 g/mol. The van der Waals surface area contributed by atoms with Crippen LogP contribution in [-0.2, 0) is 0 Å². The Balaban J connectivity index is 1.27. The standard InChI is InChI=1S/C21H19N7O2/c29-20(19-15-18(23-30-19)16-7-3-1-4-8-16)26-11-13-27(14-12-26)21-22-24-25-28(21)17-9-5-2-6-10-17/h1-10,15H,11-14H2. The second-order valence-electron chi connectivity index (χ2n) is 6.95. The number of piperazine rings is 1. The van der Waals surface area contributed by atoms with Crippen LogP contribution in [0.2, 0.25) is 0 Å². The second kappa shape index (κ2) is 7.78. The fraction of sp³-hybridized carbons (Fsp3) is 0.190. The predicted octanol–water partition coefficient (Wildman–Crippen LogP) is 2.28. The summed E-state index contributed by atoms with van der Waals surface area (Å²) in [5.74, 6) is 0.753. The summed E-state index contributed by atoms with van der Waals surface area (Å²) in [6, 6.07) is 21.1. The van der Waals surface area contributed by atoms with Gasteiger partial charge in [0.1, 0.15) is 5.69 Å². The molecule has 0 atom stereocenters. The van der Waals surface area contributed by atoms with E-state index in [2.05, 4.69) is 25.6 Å². The van der Waals surface area contributed by atoms with Crippen LogP contribution >= 0.6 is 0 Å². The van der Waals surface area contributed by atoms with E-state index < -0.39 is 0 Å². The first-order valence-electron chi connectivity index (χ1n) is 9.70. The molecule has 1 amide bonds. The van der Waals surface area contributed by atoms with Crippen molar-refractivity contribution >= 4 is 11.9 Å². The molecule has 2 aromatic heterocycles. The fourth-order valence-electron chi connectivity index (χ4n) is 3.50. The molecule has 1 aliphatic rings. The Kier molecular flexibility index (Phi) is 4.68. The molecule has 1 fully saturated rings. The lowest BCUT2D eigenvalue weighted by Crippen LogP contribution is -2.49. The zero-order valence-electron chi connectivity index (χ0n) is 16.1. The molecule has 30 heavy (non-hydrogen) atoms. The maximum atomic E-state index is 12.9. The van der Waals surface area contributed by atoms with Crippen LogP contribution in [-0.4, -0.2) is 62.4 Å². The zero-order valence-corrected chi connectivity index (χ0v) is 16.1. The minimum Gasteiger partial charge on any atom is -0.350 e. The van der Waals surface area contributed by atoms with Crippen LogP contribution in [0.15, 0.2) is 71.3 Å². The van der Waals surface area contributed by atoms with Crippen molar-refractivity contribution in [1.29, 1.82) is 0 Å². The highest BCUT2D eigenvalue weighted by molar-refractivity contribution is 5.92. The number of carbonyl (C=O) groups is 1. The van der Waals surface area contributed by atoms with Gasteiger partial charge in [-0.3, -0.25) is 4.79 Å². The molecule has 0 spiro atoms. The van der Waals surface area contributed by atoms with Crippen LogP contribution in [0.5, 0.6) is 0 Å². The number of nitrogens with zero attached hydrogens (tertiary/aromatic N) is 7. The zero-order chi connectivity index (χ0) is 20.3. The number of rotatable bonds is 4. The summed E-state index contributed by atoms with van der Waals surface area (Å²) in [7, 11) is 0. The van der Waals surface area contributed by atoms with Gasteiger partial charge in [0.2, 0.25) is 11.7 Å². The second-order valence-corrected chi connectivity index (χ2v) is 6.95. The van der Waals surface area contributed by atoms with Crippen molar-refractivity contribution in [2.75, 3.05) is 31.1 Å². The lowest BCUT2D eigenvalue weighted by molar-refractivity contribution is 0.0704. The van der Waals surface area contributed by atoms with Crippen LogP contribution < -0.4 is 4.90 Å². The van der Waals surface area contributed by atoms with Crippen LogP contribution in [0.3, 0.4) is 0 Å². The molecular formula is C21H19N7O2. The van der Waals surface area contributed by atoms with E-state index >= 15 is 0 Å². The number of hydrogen-bond donors (Lipinski definition) is 0. The van der Waals surface area contributed by atoms with Crippen molar-refractivity contribution in [3.63, 3.8) is 0 Å². The van der Waals surface area contributed by atoms with Gasteiger partial charge in [-0.25, -0.2) is 0 Å². The van der Waals surface area contributed by atoms with Gasteiger partial charge >= 0.3 is 0 Å². The van der Waals surface area contributed by atoms with Gasteiger partial charge in [0.15, 0.2) is 0 Å². The first-order chi connectivity index (χ1) is 14.8. The van der Waals surface area contributed by atoms with Gasteiger partial charge in [-0.05, 0) is 22.6 Å². The molecule has 9 nitrogen and oxygen atoms in total. The van der Waals surface area contributed by atoms with Crippen LogP contribution in [0.25, 0.3) is 16.9 Å². The molecule has 0 aliphatic carbocycles. The fourth-order valence-corrected chi connectivity index (χ4v) is 3.50. The average Bonchev–Trinajstić information content (AvgIpc) is 3.50. The molecule has 3 heterocycles. The monoisotopic (exact) mass is 401 g/mol. The normalized spacial score (nSPS) is 14.1. The summed E-state index contributed by atoms with van der Waals surface area (Å²) < 4.78 is 7.03. The van der Waals surface area contributed by atoms with Gasteiger partial charge in [0.05, 0.1) is 5.69 Å². The quantitative estimate of drug-likeness (QED) is 0.518. The first-order valence-corrected chi connectivity index (χ1v) is 9.70. The molecule has 0 bridgehead atoms. The largest absolute Gasteiger partial charge is 0.350 e. The highest BCUT2D eigenvalue weighted by atomic mass is 16.5. The Labute approximate surface area is 172 Å². The minimum atomic E-state index is -0.160. The summed E-state index contributed by atoms with van der Waals surface area (Å²) in [5.41, 5.74) is 2.46. The Morgan fingerprint density at radius 1 is 0.900 bits per heavy atom. The van der Waals surface area contributed by atoms with Crippen molar-refractivity contribution < 1.29 is 9.32 Å². The molecule has 0 saturated carbocycles. The SMILES string of the molecule is O=C(c1cc(-c2ccccc2)no1)N1CCN(c2nnnn2-c2ccccc2)CC1. The smallest absolute Gasteiger partial charge is 0.292 e. The van der Waals surface area contributed by atoms with E-state index in [-0.39, 0.29) is 11.7 Å². The highest BCUT2D eigenvalue weighted by Gasteiger charge is 2.27. The average molecular weight is 401 g/mol. The van der Waals surface area contributed by atoms with E-state index in [0.717, 1.165) is 11.3 Å². The number of anilines is 1. The summed E-state index contributed by atoms with van der Waals surface area (Å²) in [4.78, 5) is 16.7.